The molecule has 0 amide bonds. The number of allylic oxidation sites excluding steroid dienone is 5. The predicted molar refractivity (Wildman–Crippen MR) is 82.4 cm³/mol. The Labute approximate surface area is 115 Å². The molecule has 0 saturated heterocycles. The normalized spacial score (nSPS) is 11.8. The molecule has 0 atom stereocenters. The number of hydrogen-bond acceptors (Lipinski definition) is 3. The number of rotatable bonds is 5. The molecule has 0 bridgehead atoms. The SMILES string of the molecule is C=C/C=C(\C=C/N)c1nc(C)c(CC)c(C(=C)C)n1. The highest BCUT2D eigenvalue weighted by atomic mass is 14.9. The fourth-order valence-electron chi connectivity index (χ4n) is 1.94. The summed E-state index contributed by atoms with van der Waals surface area (Å²) >= 11 is 0. The fourth-order valence-corrected chi connectivity index (χ4v) is 1.94. The second kappa shape index (κ2) is 6.69. The first-order valence-corrected chi connectivity index (χ1v) is 6.29. The first-order valence-electron chi connectivity index (χ1n) is 6.29. The molecule has 0 aliphatic rings. The molecule has 3 heteroatoms. The Kier molecular flexibility index (Phi) is 5.24. The van der Waals surface area contributed by atoms with Crippen molar-refractivity contribution in [1.29, 1.82) is 0 Å². The average Bonchev–Trinajstić information content (AvgIpc) is 2.37. The molecule has 0 unspecified atom stereocenters. The zero-order valence-electron chi connectivity index (χ0n) is 11.9. The Bertz CT molecular complexity index is 551. The lowest BCUT2D eigenvalue weighted by atomic mass is 10.0. The van der Waals surface area contributed by atoms with E-state index >= 15 is 0 Å². The summed E-state index contributed by atoms with van der Waals surface area (Å²) < 4.78 is 0. The smallest absolute Gasteiger partial charge is 0.160 e. The van der Waals surface area contributed by atoms with Gasteiger partial charge in [-0.3, -0.25) is 0 Å². The van der Waals surface area contributed by atoms with E-state index in [9.17, 15) is 0 Å². The zero-order chi connectivity index (χ0) is 14.4. The molecule has 1 rings (SSSR count). The third kappa shape index (κ3) is 3.41. The number of aromatic nitrogens is 2. The molecule has 2 N–H and O–H groups in total. The molecular weight excluding hydrogens is 234 g/mol. The van der Waals surface area contributed by atoms with Gasteiger partial charge in [0, 0.05) is 11.3 Å². The van der Waals surface area contributed by atoms with Gasteiger partial charge < -0.3 is 5.73 Å². The van der Waals surface area contributed by atoms with Crippen molar-refractivity contribution >= 4 is 11.1 Å². The Morgan fingerprint density at radius 2 is 2.05 bits per heavy atom. The van der Waals surface area contributed by atoms with Crippen molar-refractivity contribution in [3.63, 3.8) is 0 Å². The van der Waals surface area contributed by atoms with E-state index in [4.69, 9.17) is 5.73 Å². The van der Waals surface area contributed by atoms with Gasteiger partial charge in [-0.25, -0.2) is 9.97 Å². The van der Waals surface area contributed by atoms with Crippen LogP contribution in [0, 0.1) is 6.92 Å². The molecule has 0 aliphatic carbocycles. The standard InChI is InChI=1S/C16H21N3/c1-6-8-13(9-10-17)16-18-12(5)14(7-2)15(19-16)11(3)4/h6,8-10H,1,3,7,17H2,2,4-5H3/b10-9-,13-8+. The fraction of sp³-hybridized carbons (Fsp3) is 0.250. The first-order chi connectivity index (χ1) is 9.04. The quantitative estimate of drug-likeness (QED) is 0.820. The van der Waals surface area contributed by atoms with E-state index < -0.39 is 0 Å². The van der Waals surface area contributed by atoms with Gasteiger partial charge >= 0.3 is 0 Å². The van der Waals surface area contributed by atoms with Crippen molar-refractivity contribution in [3.05, 3.63) is 60.4 Å². The van der Waals surface area contributed by atoms with E-state index in [0.717, 1.165) is 34.5 Å². The first kappa shape index (κ1) is 14.9. The summed E-state index contributed by atoms with van der Waals surface area (Å²) in [6.45, 7) is 13.7. The molecular formula is C16H21N3. The van der Waals surface area contributed by atoms with Gasteiger partial charge in [0.05, 0.1) is 5.69 Å². The minimum atomic E-state index is 0.648. The summed E-state index contributed by atoms with van der Waals surface area (Å²) in [4.78, 5) is 9.16. The molecule has 3 nitrogen and oxygen atoms in total. The van der Waals surface area contributed by atoms with Crippen LogP contribution >= 0.6 is 0 Å². The lowest BCUT2D eigenvalue weighted by Gasteiger charge is -2.12. The van der Waals surface area contributed by atoms with Gasteiger partial charge in [-0.05, 0) is 43.7 Å². The average molecular weight is 255 g/mol. The minimum Gasteiger partial charge on any atom is -0.405 e. The highest BCUT2D eigenvalue weighted by Crippen LogP contribution is 2.21. The molecule has 0 saturated carbocycles. The van der Waals surface area contributed by atoms with Crippen LogP contribution in [0.25, 0.3) is 11.1 Å². The Morgan fingerprint density at radius 3 is 2.53 bits per heavy atom. The molecule has 0 spiro atoms. The third-order valence-corrected chi connectivity index (χ3v) is 2.80. The van der Waals surface area contributed by atoms with Gasteiger partial charge in [-0.1, -0.05) is 32.2 Å². The van der Waals surface area contributed by atoms with E-state index in [-0.39, 0.29) is 0 Å². The lowest BCUT2D eigenvalue weighted by Crippen LogP contribution is -2.05. The maximum absolute atomic E-state index is 5.46. The second-order valence-electron chi connectivity index (χ2n) is 4.31. The molecule has 1 heterocycles. The van der Waals surface area contributed by atoms with Crippen molar-refractivity contribution in [1.82, 2.24) is 9.97 Å². The van der Waals surface area contributed by atoms with Crippen molar-refractivity contribution in [2.24, 2.45) is 5.73 Å². The van der Waals surface area contributed by atoms with E-state index in [0.29, 0.717) is 5.82 Å². The van der Waals surface area contributed by atoms with Crippen LogP contribution in [0.3, 0.4) is 0 Å². The molecule has 0 aliphatic heterocycles. The van der Waals surface area contributed by atoms with Crippen LogP contribution in [-0.2, 0) is 6.42 Å². The summed E-state index contributed by atoms with van der Waals surface area (Å²) in [5, 5.41) is 0. The van der Waals surface area contributed by atoms with Crippen LogP contribution in [0.4, 0.5) is 0 Å². The van der Waals surface area contributed by atoms with Gasteiger partial charge in [0.25, 0.3) is 0 Å². The van der Waals surface area contributed by atoms with Crippen LogP contribution in [0.1, 0.15) is 36.6 Å². The van der Waals surface area contributed by atoms with Gasteiger partial charge in [0.15, 0.2) is 5.82 Å². The van der Waals surface area contributed by atoms with Gasteiger partial charge in [-0.2, -0.15) is 0 Å². The molecule has 0 aromatic carbocycles. The molecule has 100 valence electrons. The van der Waals surface area contributed by atoms with E-state index in [1.807, 2.05) is 19.9 Å². The minimum absolute atomic E-state index is 0.648. The van der Waals surface area contributed by atoms with Crippen LogP contribution < -0.4 is 5.73 Å². The monoisotopic (exact) mass is 255 g/mol. The van der Waals surface area contributed by atoms with Crippen LogP contribution in [0.2, 0.25) is 0 Å². The van der Waals surface area contributed by atoms with Gasteiger partial charge in [0.1, 0.15) is 0 Å². The Hall–Kier alpha value is -2.16. The Balaban J connectivity index is 3.50. The number of nitrogens with two attached hydrogens (primary N) is 1. The van der Waals surface area contributed by atoms with Crippen LogP contribution in [-0.4, -0.2) is 9.97 Å². The maximum atomic E-state index is 5.46. The molecule has 1 aromatic heterocycles. The third-order valence-electron chi connectivity index (χ3n) is 2.80. The highest BCUT2D eigenvalue weighted by molar-refractivity contribution is 5.72. The number of aryl methyl sites for hydroxylation is 1. The largest absolute Gasteiger partial charge is 0.405 e. The molecule has 0 fully saturated rings. The van der Waals surface area contributed by atoms with Gasteiger partial charge in [0.2, 0.25) is 0 Å². The van der Waals surface area contributed by atoms with E-state index in [1.54, 1.807) is 12.2 Å². The number of hydrogen-bond donors (Lipinski definition) is 1. The summed E-state index contributed by atoms with van der Waals surface area (Å²) in [5.74, 6) is 0.648. The zero-order valence-corrected chi connectivity index (χ0v) is 11.9. The van der Waals surface area contributed by atoms with E-state index in [1.165, 1.54) is 6.20 Å². The van der Waals surface area contributed by atoms with E-state index in [2.05, 4.69) is 30.0 Å². The van der Waals surface area contributed by atoms with Crippen molar-refractivity contribution in [2.75, 3.05) is 0 Å². The van der Waals surface area contributed by atoms with Gasteiger partial charge in [-0.15, -0.1) is 0 Å². The van der Waals surface area contributed by atoms with Crippen LogP contribution in [0.15, 0.2) is 37.6 Å². The summed E-state index contributed by atoms with van der Waals surface area (Å²) in [6.07, 6.45) is 7.67. The summed E-state index contributed by atoms with van der Waals surface area (Å²) in [6, 6.07) is 0. The predicted octanol–water partition coefficient (Wildman–Crippen LogP) is 3.42. The summed E-state index contributed by atoms with van der Waals surface area (Å²) in [5.41, 5.74) is 10.3. The molecule has 19 heavy (non-hydrogen) atoms. The lowest BCUT2D eigenvalue weighted by molar-refractivity contribution is 0.961. The molecule has 0 radical (unpaired) electrons. The highest BCUT2D eigenvalue weighted by Gasteiger charge is 2.12. The van der Waals surface area contributed by atoms with Crippen LogP contribution in [0.5, 0.6) is 0 Å². The molecule has 1 aromatic rings. The maximum Gasteiger partial charge on any atom is 0.160 e. The van der Waals surface area contributed by atoms with Crippen molar-refractivity contribution in [3.8, 4) is 0 Å². The summed E-state index contributed by atoms with van der Waals surface area (Å²) in [7, 11) is 0. The second-order valence-corrected chi connectivity index (χ2v) is 4.31. The number of nitrogens with zero attached hydrogens (tertiary/aromatic N) is 2. The Morgan fingerprint density at radius 1 is 1.37 bits per heavy atom. The topological polar surface area (TPSA) is 51.8 Å². The van der Waals surface area contributed by atoms with Crippen molar-refractivity contribution < 1.29 is 0 Å². The van der Waals surface area contributed by atoms with Crippen molar-refractivity contribution in [2.45, 2.75) is 27.2 Å².